The highest BCUT2D eigenvalue weighted by atomic mass is 16.6. The molecule has 2 fully saturated rings. The molecule has 0 saturated carbocycles. The second-order valence-electron chi connectivity index (χ2n) is 3.64. The largest absolute Gasteiger partial charge is 0.448 e. The molecular weight excluding hydrogens is 184 g/mol. The maximum Gasteiger partial charge on any atom is 0.410 e. The van der Waals surface area contributed by atoms with Crippen molar-refractivity contribution in [3.05, 3.63) is 0 Å². The zero-order valence-electron chi connectivity index (χ0n) is 8.36. The van der Waals surface area contributed by atoms with Crippen molar-refractivity contribution < 1.29 is 14.3 Å². The molecule has 0 aromatic carbocycles. The first-order valence-corrected chi connectivity index (χ1v) is 5.00. The highest BCUT2D eigenvalue weighted by Gasteiger charge is 2.36. The molecule has 0 aliphatic carbocycles. The van der Waals surface area contributed by atoms with Gasteiger partial charge in [0, 0.05) is 13.7 Å². The topological polar surface area (TPSA) is 50.8 Å². The number of methoxy groups -OCH3 is 1. The number of piperidine rings is 1. The van der Waals surface area contributed by atoms with E-state index in [0.717, 1.165) is 19.5 Å². The summed E-state index contributed by atoms with van der Waals surface area (Å²) >= 11 is 0. The van der Waals surface area contributed by atoms with Crippen molar-refractivity contribution in [1.29, 1.82) is 0 Å². The molecule has 80 valence electrons. The standard InChI is InChI=1S/C9H16N2O3/c1-13-8-6-10-3-2-7(8)11-4-5-14-9(11)12/h7-8,10H,2-6H2,1H3/t7-,8-/m0/s1. The Balaban J connectivity index is 2.02. The van der Waals surface area contributed by atoms with Crippen LogP contribution in [-0.2, 0) is 9.47 Å². The van der Waals surface area contributed by atoms with Crippen LogP contribution in [0, 0.1) is 0 Å². The molecule has 1 amide bonds. The van der Waals surface area contributed by atoms with Crippen molar-refractivity contribution in [1.82, 2.24) is 10.2 Å². The molecule has 2 rings (SSSR count). The van der Waals surface area contributed by atoms with E-state index in [1.807, 2.05) is 0 Å². The third kappa shape index (κ3) is 1.69. The van der Waals surface area contributed by atoms with E-state index in [1.165, 1.54) is 0 Å². The first-order chi connectivity index (χ1) is 6.83. The highest BCUT2D eigenvalue weighted by Crippen LogP contribution is 2.18. The van der Waals surface area contributed by atoms with Gasteiger partial charge in [0.2, 0.25) is 0 Å². The molecule has 1 N–H and O–H groups in total. The number of nitrogens with one attached hydrogen (secondary N) is 1. The quantitative estimate of drug-likeness (QED) is 0.671. The minimum absolute atomic E-state index is 0.0920. The van der Waals surface area contributed by atoms with E-state index in [2.05, 4.69) is 5.32 Å². The lowest BCUT2D eigenvalue weighted by Crippen LogP contribution is -2.53. The first kappa shape index (κ1) is 9.73. The van der Waals surface area contributed by atoms with Crippen molar-refractivity contribution in [3.8, 4) is 0 Å². The summed E-state index contributed by atoms with van der Waals surface area (Å²) in [6.07, 6.45) is 0.835. The molecule has 0 unspecified atom stereocenters. The van der Waals surface area contributed by atoms with Gasteiger partial charge in [-0.1, -0.05) is 0 Å². The number of rotatable bonds is 2. The molecule has 5 nitrogen and oxygen atoms in total. The molecule has 2 aliphatic heterocycles. The maximum absolute atomic E-state index is 11.4. The van der Waals surface area contributed by atoms with Gasteiger partial charge in [0.1, 0.15) is 6.61 Å². The third-order valence-corrected chi connectivity index (χ3v) is 2.89. The molecule has 2 heterocycles. The Bertz CT molecular complexity index is 222. The Morgan fingerprint density at radius 3 is 3.14 bits per heavy atom. The Hall–Kier alpha value is -0.810. The SMILES string of the molecule is CO[C@H]1CNCC[C@@H]1N1CCOC1=O. The fourth-order valence-corrected chi connectivity index (χ4v) is 2.12. The summed E-state index contributed by atoms with van der Waals surface area (Å²) in [7, 11) is 1.69. The van der Waals surface area contributed by atoms with Gasteiger partial charge in [-0.15, -0.1) is 0 Å². The Kier molecular flexibility index (Phi) is 2.88. The van der Waals surface area contributed by atoms with Gasteiger partial charge in [0.25, 0.3) is 0 Å². The van der Waals surface area contributed by atoms with Crippen molar-refractivity contribution in [3.63, 3.8) is 0 Å². The zero-order chi connectivity index (χ0) is 9.97. The minimum Gasteiger partial charge on any atom is -0.448 e. The summed E-state index contributed by atoms with van der Waals surface area (Å²) in [5, 5.41) is 3.25. The van der Waals surface area contributed by atoms with Gasteiger partial charge in [-0.05, 0) is 13.0 Å². The van der Waals surface area contributed by atoms with Gasteiger partial charge < -0.3 is 14.8 Å². The van der Waals surface area contributed by atoms with Crippen LogP contribution in [0.5, 0.6) is 0 Å². The van der Waals surface area contributed by atoms with Crippen LogP contribution in [0.3, 0.4) is 0 Å². The normalized spacial score (nSPS) is 33.2. The summed E-state index contributed by atoms with van der Waals surface area (Å²) in [4.78, 5) is 13.1. The molecule has 2 aliphatic rings. The maximum atomic E-state index is 11.4. The number of hydrogen-bond donors (Lipinski definition) is 1. The number of hydrogen-bond acceptors (Lipinski definition) is 4. The van der Waals surface area contributed by atoms with Crippen LogP contribution in [-0.4, -0.2) is 56.5 Å². The number of ether oxygens (including phenoxy) is 2. The molecule has 0 spiro atoms. The number of carbonyl (C=O) groups is 1. The van der Waals surface area contributed by atoms with Crippen LogP contribution in [0.1, 0.15) is 6.42 Å². The molecule has 0 bridgehead atoms. The lowest BCUT2D eigenvalue weighted by atomic mass is 10.0. The van der Waals surface area contributed by atoms with Gasteiger partial charge in [-0.25, -0.2) is 4.79 Å². The van der Waals surface area contributed by atoms with E-state index in [1.54, 1.807) is 12.0 Å². The number of cyclic esters (lactones) is 1. The molecule has 14 heavy (non-hydrogen) atoms. The number of nitrogens with zero attached hydrogens (tertiary/aromatic N) is 1. The van der Waals surface area contributed by atoms with E-state index in [-0.39, 0.29) is 18.2 Å². The monoisotopic (exact) mass is 200 g/mol. The van der Waals surface area contributed by atoms with E-state index >= 15 is 0 Å². The fraction of sp³-hybridized carbons (Fsp3) is 0.889. The number of amides is 1. The average Bonchev–Trinajstić information content (AvgIpc) is 2.64. The van der Waals surface area contributed by atoms with E-state index in [9.17, 15) is 4.79 Å². The molecule has 5 heteroatoms. The van der Waals surface area contributed by atoms with Crippen molar-refractivity contribution in [2.75, 3.05) is 33.4 Å². The van der Waals surface area contributed by atoms with Crippen molar-refractivity contribution in [2.45, 2.75) is 18.6 Å². The van der Waals surface area contributed by atoms with Crippen LogP contribution in [0.25, 0.3) is 0 Å². The number of carbonyl (C=O) groups excluding carboxylic acids is 1. The molecule has 0 radical (unpaired) electrons. The highest BCUT2D eigenvalue weighted by molar-refractivity contribution is 5.69. The van der Waals surface area contributed by atoms with Crippen molar-refractivity contribution >= 4 is 6.09 Å². The van der Waals surface area contributed by atoms with Crippen LogP contribution in [0.2, 0.25) is 0 Å². The van der Waals surface area contributed by atoms with E-state index in [4.69, 9.17) is 9.47 Å². The Labute approximate surface area is 83.3 Å². The second-order valence-corrected chi connectivity index (χ2v) is 3.64. The van der Waals surface area contributed by atoms with Gasteiger partial charge in [-0.3, -0.25) is 4.90 Å². The molecular formula is C9H16N2O3. The van der Waals surface area contributed by atoms with E-state index in [0.29, 0.717) is 13.2 Å². The Morgan fingerprint density at radius 2 is 2.50 bits per heavy atom. The fourth-order valence-electron chi connectivity index (χ4n) is 2.12. The molecule has 0 aromatic heterocycles. The van der Waals surface area contributed by atoms with Crippen molar-refractivity contribution in [2.24, 2.45) is 0 Å². The third-order valence-electron chi connectivity index (χ3n) is 2.89. The Morgan fingerprint density at radius 1 is 1.64 bits per heavy atom. The smallest absolute Gasteiger partial charge is 0.410 e. The molecule has 2 saturated heterocycles. The van der Waals surface area contributed by atoms with Gasteiger partial charge in [0.15, 0.2) is 0 Å². The lowest BCUT2D eigenvalue weighted by molar-refractivity contribution is 0.0153. The summed E-state index contributed by atoms with van der Waals surface area (Å²) < 4.78 is 10.3. The van der Waals surface area contributed by atoms with Gasteiger partial charge in [-0.2, -0.15) is 0 Å². The zero-order valence-corrected chi connectivity index (χ0v) is 8.36. The van der Waals surface area contributed by atoms with E-state index < -0.39 is 0 Å². The predicted molar refractivity (Wildman–Crippen MR) is 50.1 cm³/mol. The first-order valence-electron chi connectivity index (χ1n) is 5.00. The minimum atomic E-state index is -0.195. The summed E-state index contributed by atoms with van der Waals surface area (Å²) in [6.45, 7) is 2.96. The second kappa shape index (κ2) is 4.14. The lowest BCUT2D eigenvalue weighted by Gasteiger charge is -2.35. The van der Waals surface area contributed by atoms with Crippen LogP contribution in [0.15, 0.2) is 0 Å². The summed E-state index contributed by atoms with van der Waals surface area (Å²) in [6, 6.07) is 0.177. The average molecular weight is 200 g/mol. The van der Waals surface area contributed by atoms with Crippen LogP contribution in [0.4, 0.5) is 4.79 Å². The van der Waals surface area contributed by atoms with Gasteiger partial charge in [0.05, 0.1) is 18.7 Å². The molecule has 2 atom stereocenters. The van der Waals surface area contributed by atoms with Gasteiger partial charge >= 0.3 is 6.09 Å². The predicted octanol–water partition coefficient (Wildman–Crippen LogP) is -0.185. The van der Waals surface area contributed by atoms with Crippen LogP contribution < -0.4 is 5.32 Å². The van der Waals surface area contributed by atoms with Crippen LogP contribution >= 0.6 is 0 Å². The summed E-state index contributed by atoms with van der Waals surface area (Å²) in [5.74, 6) is 0. The molecule has 0 aromatic rings. The summed E-state index contributed by atoms with van der Waals surface area (Å²) in [5.41, 5.74) is 0.